The molecule has 38 heavy (non-hydrogen) atoms. The minimum Gasteiger partial charge on any atom is -0.508 e. The molecule has 2 aromatic rings. The van der Waals surface area contributed by atoms with Crippen molar-refractivity contribution in [3.63, 3.8) is 0 Å². The molecule has 0 aliphatic carbocycles. The Hall–Kier alpha value is -3.62. The second-order valence-corrected chi connectivity index (χ2v) is 9.11. The van der Waals surface area contributed by atoms with Crippen LogP contribution < -0.4 is 27.4 Å². The first kappa shape index (κ1) is 30.6. The molecule has 2 rings (SSSR count). The standard InChI is InChI=1S/C24H35N7O6S/c25-8-2-1-3-18(29-21(33)17(26)10-15-11-27-13-28-15)22(34)30-19(9-14-4-6-16(32)7-5-14)23(35)31-20(12-38)24(36)37/h4-7,11,13,17-20,32,38H,1-3,8-10,12,25-26H2,(H,27,28)(H,29,33)(H,30,34)(H,31,35)(H,36,37). The summed E-state index contributed by atoms with van der Waals surface area (Å²) in [6.45, 7) is 0.397. The normalized spacial score (nSPS) is 14.1. The van der Waals surface area contributed by atoms with Crippen LogP contribution in [0, 0.1) is 0 Å². The fourth-order valence-electron chi connectivity index (χ4n) is 3.57. The number of benzene rings is 1. The maximum absolute atomic E-state index is 13.3. The van der Waals surface area contributed by atoms with E-state index in [0.29, 0.717) is 30.6 Å². The van der Waals surface area contributed by atoms with Gasteiger partial charge in [0, 0.05) is 30.5 Å². The quantitative estimate of drug-likeness (QED) is 0.0906. The van der Waals surface area contributed by atoms with Gasteiger partial charge in [-0.2, -0.15) is 12.6 Å². The molecular formula is C24H35N7O6S. The van der Waals surface area contributed by atoms with Crippen LogP contribution in [-0.2, 0) is 32.0 Å². The second kappa shape index (κ2) is 15.6. The summed E-state index contributed by atoms with van der Waals surface area (Å²) < 4.78 is 0. The number of aromatic amines is 1. The van der Waals surface area contributed by atoms with Gasteiger partial charge in [-0.05, 0) is 43.5 Å². The molecule has 4 unspecified atom stereocenters. The second-order valence-electron chi connectivity index (χ2n) is 8.75. The summed E-state index contributed by atoms with van der Waals surface area (Å²) in [5, 5.41) is 26.5. The van der Waals surface area contributed by atoms with Crippen LogP contribution in [0.3, 0.4) is 0 Å². The number of hydrogen-bond donors (Lipinski definition) is 9. The number of rotatable bonds is 16. The van der Waals surface area contributed by atoms with Crippen molar-refractivity contribution in [2.45, 2.75) is 56.3 Å². The van der Waals surface area contributed by atoms with E-state index in [4.69, 9.17) is 11.5 Å². The van der Waals surface area contributed by atoms with Crippen LogP contribution in [0.15, 0.2) is 36.8 Å². The number of nitrogens with zero attached hydrogens (tertiary/aromatic N) is 1. The minimum absolute atomic E-state index is 0.000428. The van der Waals surface area contributed by atoms with E-state index in [-0.39, 0.29) is 30.8 Å². The number of H-pyrrole nitrogens is 1. The molecule has 3 amide bonds. The van der Waals surface area contributed by atoms with Crippen molar-refractivity contribution in [1.82, 2.24) is 25.9 Å². The van der Waals surface area contributed by atoms with Crippen LogP contribution in [0.5, 0.6) is 5.75 Å². The van der Waals surface area contributed by atoms with Crippen molar-refractivity contribution in [2.75, 3.05) is 12.3 Å². The van der Waals surface area contributed by atoms with Crippen molar-refractivity contribution >= 4 is 36.3 Å². The zero-order valence-corrected chi connectivity index (χ0v) is 21.7. The number of nitrogens with two attached hydrogens (primary N) is 2. The lowest BCUT2D eigenvalue weighted by atomic mass is 10.0. The number of carbonyl (C=O) groups excluding carboxylic acids is 3. The number of hydrogen-bond acceptors (Lipinski definition) is 9. The summed E-state index contributed by atoms with van der Waals surface area (Å²) in [5.74, 6) is -3.35. The maximum Gasteiger partial charge on any atom is 0.327 e. The van der Waals surface area contributed by atoms with Crippen molar-refractivity contribution in [3.05, 3.63) is 48.0 Å². The number of unbranched alkanes of at least 4 members (excludes halogenated alkanes) is 1. The number of aromatic hydroxyl groups is 1. The molecule has 0 bridgehead atoms. The van der Waals surface area contributed by atoms with E-state index in [1.807, 2.05) is 0 Å². The Bertz CT molecular complexity index is 1050. The predicted molar refractivity (Wildman–Crippen MR) is 142 cm³/mol. The monoisotopic (exact) mass is 549 g/mol. The third-order valence-electron chi connectivity index (χ3n) is 5.72. The maximum atomic E-state index is 13.3. The lowest BCUT2D eigenvalue weighted by molar-refractivity contribution is -0.141. The summed E-state index contributed by atoms with van der Waals surface area (Å²) >= 11 is 3.96. The smallest absolute Gasteiger partial charge is 0.327 e. The van der Waals surface area contributed by atoms with Gasteiger partial charge in [-0.25, -0.2) is 9.78 Å². The first-order valence-corrected chi connectivity index (χ1v) is 12.7. The number of aliphatic carboxylic acids is 1. The van der Waals surface area contributed by atoms with E-state index < -0.39 is 47.9 Å². The Labute approximate surface area is 225 Å². The van der Waals surface area contributed by atoms with E-state index in [2.05, 4.69) is 38.5 Å². The SMILES string of the molecule is NCCCCC(NC(=O)C(N)Cc1cnc[nH]1)C(=O)NC(Cc1ccc(O)cc1)C(=O)NC(CS)C(=O)O. The van der Waals surface area contributed by atoms with E-state index in [0.717, 1.165) is 0 Å². The molecule has 208 valence electrons. The van der Waals surface area contributed by atoms with Gasteiger partial charge in [-0.1, -0.05) is 12.1 Å². The number of thiol groups is 1. The van der Waals surface area contributed by atoms with Gasteiger partial charge >= 0.3 is 5.97 Å². The van der Waals surface area contributed by atoms with Crippen LogP contribution in [0.1, 0.15) is 30.5 Å². The van der Waals surface area contributed by atoms with E-state index in [9.17, 15) is 29.4 Å². The highest BCUT2D eigenvalue weighted by molar-refractivity contribution is 7.80. The highest BCUT2D eigenvalue weighted by Crippen LogP contribution is 2.12. The Morgan fingerprint density at radius 2 is 1.58 bits per heavy atom. The van der Waals surface area contributed by atoms with Gasteiger partial charge in [0.05, 0.1) is 12.4 Å². The lowest BCUT2D eigenvalue weighted by Crippen LogP contribution is -2.58. The molecule has 1 heterocycles. The Morgan fingerprint density at radius 1 is 0.947 bits per heavy atom. The number of carboxylic acid groups (broad SMARTS) is 1. The third kappa shape index (κ3) is 10.0. The van der Waals surface area contributed by atoms with Gasteiger partial charge in [-0.15, -0.1) is 0 Å². The summed E-state index contributed by atoms with van der Waals surface area (Å²) in [6.07, 6.45) is 4.56. The summed E-state index contributed by atoms with van der Waals surface area (Å²) in [6, 6.07) is 1.58. The number of carboxylic acids is 1. The van der Waals surface area contributed by atoms with Gasteiger partial charge in [0.1, 0.15) is 23.9 Å². The van der Waals surface area contributed by atoms with Gasteiger partial charge < -0.3 is 42.6 Å². The van der Waals surface area contributed by atoms with Crippen molar-refractivity contribution < 1.29 is 29.4 Å². The molecule has 0 fully saturated rings. The number of carbonyl (C=O) groups is 4. The number of nitrogens with one attached hydrogen (secondary N) is 4. The minimum atomic E-state index is -1.28. The molecule has 4 atom stereocenters. The molecule has 0 aliphatic heterocycles. The van der Waals surface area contributed by atoms with Gasteiger partial charge in [0.25, 0.3) is 0 Å². The first-order chi connectivity index (χ1) is 18.1. The molecule has 14 heteroatoms. The van der Waals surface area contributed by atoms with E-state index >= 15 is 0 Å². The van der Waals surface area contributed by atoms with Crippen molar-refractivity contribution in [1.29, 1.82) is 0 Å². The lowest BCUT2D eigenvalue weighted by Gasteiger charge is -2.25. The van der Waals surface area contributed by atoms with E-state index in [1.165, 1.54) is 18.5 Å². The zero-order chi connectivity index (χ0) is 28.1. The topological polar surface area (TPSA) is 226 Å². The average molecular weight is 550 g/mol. The summed E-state index contributed by atoms with van der Waals surface area (Å²) in [7, 11) is 0. The number of phenols is 1. The molecule has 13 nitrogen and oxygen atoms in total. The summed E-state index contributed by atoms with van der Waals surface area (Å²) in [4.78, 5) is 57.2. The first-order valence-electron chi connectivity index (χ1n) is 12.1. The van der Waals surface area contributed by atoms with Crippen molar-refractivity contribution in [2.24, 2.45) is 11.5 Å². The average Bonchev–Trinajstić information content (AvgIpc) is 3.40. The largest absolute Gasteiger partial charge is 0.508 e. The Kier molecular flexibility index (Phi) is 12.6. The molecule has 0 spiro atoms. The molecule has 0 radical (unpaired) electrons. The number of phenolic OH excluding ortho intramolecular Hbond substituents is 1. The molecule has 0 saturated heterocycles. The van der Waals surface area contributed by atoms with Crippen LogP contribution in [0.4, 0.5) is 0 Å². The molecule has 0 saturated carbocycles. The molecule has 1 aromatic carbocycles. The van der Waals surface area contributed by atoms with Crippen LogP contribution in [0.2, 0.25) is 0 Å². The third-order valence-corrected chi connectivity index (χ3v) is 6.08. The number of aromatic nitrogens is 2. The number of imidazole rings is 1. The van der Waals surface area contributed by atoms with E-state index in [1.54, 1.807) is 18.3 Å². The zero-order valence-electron chi connectivity index (χ0n) is 20.8. The van der Waals surface area contributed by atoms with Crippen LogP contribution >= 0.6 is 12.6 Å². The molecule has 0 aliphatic rings. The predicted octanol–water partition coefficient (Wildman–Crippen LogP) is -1.17. The fraction of sp³-hybridized carbons (Fsp3) is 0.458. The Morgan fingerprint density at radius 3 is 2.16 bits per heavy atom. The van der Waals surface area contributed by atoms with Gasteiger partial charge in [0.2, 0.25) is 17.7 Å². The Balaban J connectivity index is 2.19. The van der Waals surface area contributed by atoms with Crippen LogP contribution in [-0.4, -0.2) is 80.3 Å². The van der Waals surface area contributed by atoms with Gasteiger partial charge in [-0.3, -0.25) is 14.4 Å². The number of amides is 3. The molecule has 10 N–H and O–H groups in total. The molecular weight excluding hydrogens is 514 g/mol. The molecule has 1 aromatic heterocycles. The van der Waals surface area contributed by atoms with Crippen LogP contribution in [0.25, 0.3) is 0 Å². The summed E-state index contributed by atoms with van der Waals surface area (Å²) in [5.41, 5.74) is 12.8. The highest BCUT2D eigenvalue weighted by atomic mass is 32.1. The van der Waals surface area contributed by atoms with Crippen molar-refractivity contribution in [3.8, 4) is 5.75 Å². The van der Waals surface area contributed by atoms with Gasteiger partial charge in [0.15, 0.2) is 0 Å². The highest BCUT2D eigenvalue weighted by Gasteiger charge is 2.30. The fourth-order valence-corrected chi connectivity index (χ4v) is 3.82.